The third-order valence-electron chi connectivity index (χ3n) is 2.86. The molecule has 98 valence electrons. The number of fused-ring (bicyclic) bond motifs is 1. The number of hydrogen-bond donors (Lipinski definition) is 1. The summed E-state index contributed by atoms with van der Waals surface area (Å²) in [6.07, 6.45) is 4.28. The van der Waals surface area contributed by atoms with Gasteiger partial charge in [0.05, 0.1) is 11.0 Å². The summed E-state index contributed by atoms with van der Waals surface area (Å²) < 4.78 is 22.5. The summed E-state index contributed by atoms with van der Waals surface area (Å²) >= 11 is 0. The van der Waals surface area contributed by atoms with Gasteiger partial charge in [-0.1, -0.05) is 31.9 Å². The Kier molecular flexibility index (Phi) is 3.92. The zero-order chi connectivity index (χ0) is 13.2. The lowest BCUT2D eigenvalue weighted by molar-refractivity contribution is 0.603. The first-order valence-corrected chi connectivity index (χ1v) is 8.25. The molecule has 0 atom stereocenters. The first-order valence-electron chi connectivity index (χ1n) is 5.94. The lowest BCUT2D eigenvalue weighted by Crippen LogP contribution is -1.92. The van der Waals surface area contributed by atoms with Gasteiger partial charge in [-0.05, 0) is 24.5 Å². The molecule has 0 fully saturated rings. The highest BCUT2D eigenvalue weighted by Crippen LogP contribution is 2.22. The van der Waals surface area contributed by atoms with Gasteiger partial charge in [0.15, 0.2) is 0 Å². The lowest BCUT2D eigenvalue weighted by Gasteiger charge is -2.00. The van der Waals surface area contributed by atoms with Crippen molar-refractivity contribution in [1.29, 1.82) is 0 Å². The van der Waals surface area contributed by atoms with Crippen molar-refractivity contribution in [3.05, 3.63) is 23.8 Å². The Hall–Kier alpha value is -1.07. The van der Waals surface area contributed by atoms with Crippen LogP contribution in [0.15, 0.2) is 23.4 Å². The van der Waals surface area contributed by atoms with Gasteiger partial charge in [-0.25, -0.2) is 13.4 Å². The third kappa shape index (κ3) is 2.84. The molecule has 6 heteroatoms. The number of halogens is 1. The van der Waals surface area contributed by atoms with Gasteiger partial charge in [0, 0.05) is 10.7 Å². The van der Waals surface area contributed by atoms with Crippen LogP contribution in [0, 0.1) is 0 Å². The fourth-order valence-corrected chi connectivity index (χ4v) is 2.60. The summed E-state index contributed by atoms with van der Waals surface area (Å²) in [5.41, 5.74) is 2.47. The monoisotopic (exact) mass is 286 g/mol. The van der Waals surface area contributed by atoms with Crippen molar-refractivity contribution in [1.82, 2.24) is 9.97 Å². The molecule has 0 aliphatic heterocycles. The topological polar surface area (TPSA) is 62.8 Å². The number of nitrogens with zero attached hydrogens (tertiary/aromatic N) is 1. The molecular weight excluding hydrogens is 272 g/mol. The van der Waals surface area contributed by atoms with Gasteiger partial charge in [0.2, 0.25) is 5.16 Å². The molecule has 0 amide bonds. The predicted octanol–water partition coefficient (Wildman–Crippen LogP) is 3.22. The average Bonchev–Trinajstić information content (AvgIpc) is 2.73. The highest BCUT2D eigenvalue weighted by atomic mass is 35.7. The average molecular weight is 287 g/mol. The molecule has 0 spiro atoms. The van der Waals surface area contributed by atoms with E-state index in [0.29, 0.717) is 11.0 Å². The normalized spacial score (nSPS) is 12.1. The van der Waals surface area contributed by atoms with Gasteiger partial charge in [0.25, 0.3) is 9.05 Å². The van der Waals surface area contributed by atoms with E-state index in [4.69, 9.17) is 10.7 Å². The third-order valence-corrected chi connectivity index (χ3v) is 3.95. The van der Waals surface area contributed by atoms with Crippen molar-refractivity contribution < 1.29 is 8.42 Å². The zero-order valence-corrected chi connectivity index (χ0v) is 11.7. The molecule has 1 heterocycles. The van der Waals surface area contributed by atoms with E-state index in [0.717, 1.165) is 31.2 Å². The van der Waals surface area contributed by atoms with E-state index in [9.17, 15) is 8.42 Å². The van der Waals surface area contributed by atoms with Crippen LogP contribution in [-0.4, -0.2) is 18.4 Å². The quantitative estimate of drug-likeness (QED) is 0.678. The molecule has 0 bridgehead atoms. The van der Waals surface area contributed by atoms with Gasteiger partial charge < -0.3 is 4.98 Å². The minimum atomic E-state index is -3.80. The van der Waals surface area contributed by atoms with Crippen molar-refractivity contribution in [2.75, 3.05) is 0 Å². The first kappa shape index (κ1) is 13.4. The van der Waals surface area contributed by atoms with Crippen LogP contribution < -0.4 is 0 Å². The number of nitrogens with one attached hydrogen (secondary N) is 1. The maximum Gasteiger partial charge on any atom is 0.294 e. The molecule has 1 N–H and O–H groups in total. The van der Waals surface area contributed by atoms with E-state index in [1.165, 1.54) is 0 Å². The Morgan fingerprint density at radius 1 is 1.33 bits per heavy atom. The fraction of sp³-hybridized carbons (Fsp3) is 0.417. The van der Waals surface area contributed by atoms with Crippen LogP contribution >= 0.6 is 10.7 Å². The first-order chi connectivity index (χ1) is 8.52. The van der Waals surface area contributed by atoms with Gasteiger partial charge in [-0.2, -0.15) is 0 Å². The maximum absolute atomic E-state index is 11.2. The van der Waals surface area contributed by atoms with Crippen LogP contribution in [0.4, 0.5) is 0 Å². The van der Waals surface area contributed by atoms with Crippen molar-refractivity contribution in [2.45, 2.75) is 37.8 Å². The number of aromatic amines is 1. The minimum Gasteiger partial charge on any atom is -0.328 e. The number of rotatable bonds is 5. The van der Waals surface area contributed by atoms with Crippen molar-refractivity contribution in [2.24, 2.45) is 0 Å². The van der Waals surface area contributed by atoms with E-state index in [2.05, 4.69) is 16.9 Å². The number of imidazole rings is 1. The van der Waals surface area contributed by atoms with Crippen LogP contribution in [0.3, 0.4) is 0 Å². The standard InChI is InChI=1S/C12H15ClN2O2S/c1-2-3-4-6-9-7-5-8-10-11(9)15-12(14-10)18(13,16)17/h5,7-8H,2-4,6H2,1H3,(H,14,15). The Bertz CT molecular complexity index is 649. The summed E-state index contributed by atoms with van der Waals surface area (Å²) in [5, 5.41) is -0.179. The van der Waals surface area contributed by atoms with Crippen LogP contribution in [0.2, 0.25) is 0 Å². The molecule has 2 rings (SSSR count). The molecule has 0 aliphatic carbocycles. The van der Waals surface area contributed by atoms with E-state index >= 15 is 0 Å². The summed E-state index contributed by atoms with van der Waals surface area (Å²) in [5.74, 6) is 0. The smallest absolute Gasteiger partial charge is 0.294 e. The van der Waals surface area contributed by atoms with E-state index < -0.39 is 9.05 Å². The highest BCUT2D eigenvalue weighted by Gasteiger charge is 2.16. The second-order valence-corrected chi connectivity index (χ2v) is 6.73. The molecule has 0 unspecified atom stereocenters. The number of aryl methyl sites for hydroxylation is 1. The van der Waals surface area contributed by atoms with Crippen molar-refractivity contribution >= 4 is 30.8 Å². The number of para-hydroxylation sites is 1. The van der Waals surface area contributed by atoms with Crippen LogP contribution in [0.25, 0.3) is 11.0 Å². The Morgan fingerprint density at radius 2 is 2.11 bits per heavy atom. The van der Waals surface area contributed by atoms with Gasteiger partial charge in [0.1, 0.15) is 0 Å². The largest absolute Gasteiger partial charge is 0.328 e. The highest BCUT2D eigenvalue weighted by molar-refractivity contribution is 8.13. The number of H-pyrrole nitrogens is 1. The second-order valence-electron chi connectivity index (χ2n) is 4.25. The van der Waals surface area contributed by atoms with Gasteiger partial charge in [-0.15, -0.1) is 0 Å². The molecule has 2 aromatic rings. The zero-order valence-electron chi connectivity index (χ0n) is 10.1. The number of aromatic nitrogens is 2. The fourth-order valence-electron chi connectivity index (χ4n) is 1.95. The summed E-state index contributed by atoms with van der Waals surface area (Å²) in [6.45, 7) is 2.15. The number of benzene rings is 1. The van der Waals surface area contributed by atoms with E-state index in [1.807, 2.05) is 12.1 Å². The predicted molar refractivity (Wildman–Crippen MR) is 72.4 cm³/mol. The molecule has 4 nitrogen and oxygen atoms in total. The van der Waals surface area contributed by atoms with Gasteiger partial charge >= 0.3 is 0 Å². The SMILES string of the molecule is CCCCCc1cccc2[nH]c(S(=O)(=O)Cl)nc12. The molecule has 0 aliphatic rings. The summed E-state index contributed by atoms with van der Waals surface area (Å²) in [6, 6.07) is 5.67. The maximum atomic E-state index is 11.2. The molecule has 1 aromatic carbocycles. The number of hydrogen-bond acceptors (Lipinski definition) is 3. The summed E-state index contributed by atoms with van der Waals surface area (Å²) in [7, 11) is 1.49. The number of unbranched alkanes of at least 4 members (excludes halogenated alkanes) is 2. The lowest BCUT2D eigenvalue weighted by atomic mass is 10.1. The molecule has 0 radical (unpaired) electrons. The molecule has 0 saturated carbocycles. The summed E-state index contributed by atoms with van der Waals surface area (Å²) in [4.78, 5) is 6.82. The molecule has 0 saturated heterocycles. The Labute approximate surface area is 111 Å². The van der Waals surface area contributed by atoms with Crippen LogP contribution in [0.5, 0.6) is 0 Å². The van der Waals surface area contributed by atoms with Crippen molar-refractivity contribution in [3.8, 4) is 0 Å². The Morgan fingerprint density at radius 3 is 2.78 bits per heavy atom. The van der Waals surface area contributed by atoms with E-state index in [-0.39, 0.29) is 5.16 Å². The van der Waals surface area contributed by atoms with Crippen molar-refractivity contribution in [3.63, 3.8) is 0 Å². The van der Waals surface area contributed by atoms with Crippen LogP contribution in [0.1, 0.15) is 31.7 Å². The van der Waals surface area contributed by atoms with Crippen LogP contribution in [-0.2, 0) is 15.5 Å². The van der Waals surface area contributed by atoms with E-state index in [1.54, 1.807) is 6.07 Å². The Balaban J connectivity index is 2.40. The second kappa shape index (κ2) is 5.28. The minimum absolute atomic E-state index is 0.179. The molecular formula is C12H15ClN2O2S. The molecule has 1 aromatic heterocycles. The molecule has 18 heavy (non-hydrogen) atoms. The van der Waals surface area contributed by atoms with Gasteiger partial charge in [-0.3, -0.25) is 0 Å².